The van der Waals surface area contributed by atoms with Crippen molar-refractivity contribution in [2.24, 2.45) is 13.0 Å². The van der Waals surface area contributed by atoms with Gasteiger partial charge in [-0.15, -0.1) is 0 Å². The molecule has 2 aromatic rings. The molecule has 2 atom stereocenters. The third-order valence-electron chi connectivity index (χ3n) is 5.41. The van der Waals surface area contributed by atoms with Crippen LogP contribution in [0.15, 0.2) is 24.3 Å². The summed E-state index contributed by atoms with van der Waals surface area (Å²) >= 11 is 5.09. The zero-order chi connectivity index (χ0) is 16.0. The van der Waals surface area contributed by atoms with Crippen LogP contribution in [0, 0.1) is 10.7 Å². The van der Waals surface area contributed by atoms with Crippen molar-refractivity contribution in [3.05, 3.63) is 46.0 Å². The fourth-order valence-electron chi connectivity index (χ4n) is 4.00. The SMILES string of the molecule is Cn1c(CNC(=O)[C@@H]2C[C@]23CCCc2ccccc23)n[nH]c1=S. The van der Waals surface area contributed by atoms with Gasteiger partial charge in [0.25, 0.3) is 0 Å². The summed E-state index contributed by atoms with van der Waals surface area (Å²) in [7, 11) is 1.85. The lowest BCUT2D eigenvalue weighted by Gasteiger charge is -2.26. The molecule has 4 rings (SSSR count). The van der Waals surface area contributed by atoms with E-state index in [9.17, 15) is 4.79 Å². The van der Waals surface area contributed by atoms with Crippen molar-refractivity contribution in [1.29, 1.82) is 0 Å². The number of carbonyl (C=O) groups is 1. The first kappa shape index (κ1) is 14.6. The van der Waals surface area contributed by atoms with Crippen LogP contribution in [0.4, 0.5) is 0 Å². The van der Waals surface area contributed by atoms with Crippen molar-refractivity contribution in [3.8, 4) is 0 Å². The van der Waals surface area contributed by atoms with Gasteiger partial charge < -0.3 is 9.88 Å². The van der Waals surface area contributed by atoms with E-state index in [4.69, 9.17) is 12.2 Å². The number of aryl methyl sites for hydroxylation is 1. The highest BCUT2D eigenvalue weighted by atomic mass is 32.1. The van der Waals surface area contributed by atoms with Crippen LogP contribution in [0.25, 0.3) is 0 Å². The van der Waals surface area contributed by atoms with Crippen LogP contribution < -0.4 is 5.32 Å². The summed E-state index contributed by atoms with van der Waals surface area (Å²) in [5, 5.41) is 9.91. The molecule has 1 heterocycles. The summed E-state index contributed by atoms with van der Waals surface area (Å²) in [4.78, 5) is 12.6. The monoisotopic (exact) mass is 328 g/mol. The molecule has 6 heteroatoms. The van der Waals surface area contributed by atoms with Gasteiger partial charge in [-0.3, -0.25) is 9.89 Å². The third-order valence-corrected chi connectivity index (χ3v) is 5.77. The Morgan fingerprint density at radius 3 is 3.13 bits per heavy atom. The van der Waals surface area contributed by atoms with Gasteiger partial charge in [0.1, 0.15) is 0 Å². The highest BCUT2D eigenvalue weighted by molar-refractivity contribution is 7.71. The Kier molecular flexibility index (Phi) is 3.37. The highest BCUT2D eigenvalue weighted by Crippen LogP contribution is 2.60. The number of aromatic amines is 1. The average Bonchev–Trinajstić information content (AvgIpc) is 3.20. The summed E-state index contributed by atoms with van der Waals surface area (Å²) in [5.41, 5.74) is 2.89. The van der Waals surface area contributed by atoms with Gasteiger partial charge in [0, 0.05) is 18.4 Å². The van der Waals surface area contributed by atoms with Crippen LogP contribution in [-0.4, -0.2) is 20.7 Å². The molecular formula is C17H20N4OS. The Labute approximate surface area is 140 Å². The third kappa shape index (κ3) is 2.32. The second-order valence-corrected chi connectivity index (χ2v) is 7.03. The number of aromatic nitrogens is 3. The largest absolute Gasteiger partial charge is 0.349 e. The molecule has 1 aromatic heterocycles. The van der Waals surface area contributed by atoms with Gasteiger partial charge in [0.05, 0.1) is 6.54 Å². The number of nitrogens with zero attached hydrogens (tertiary/aromatic N) is 2. The summed E-state index contributed by atoms with van der Waals surface area (Å²) in [6.45, 7) is 0.413. The molecule has 1 saturated carbocycles. The Balaban J connectivity index is 1.48. The first-order valence-corrected chi connectivity index (χ1v) is 8.49. The van der Waals surface area contributed by atoms with E-state index in [2.05, 4.69) is 39.8 Å². The molecule has 1 amide bonds. The minimum Gasteiger partial charge on any atom is -0.349 e. The molecule has 1 fully saturated rings. The van der Waals surface area contributed by atoms with Crippen LogP contribution in [0.5, 0.6) is 0 Å². The van der Waals surface area contributed by atoms with Gasteiger partial charge in [-0.2, -0.15) is 5.10 Å². The minimum absolute atomic E-state index is 0.0792. The van der Waals surface area contributed by atoms with Crippen molar-refractivity contribution in [2.75, 3.05) is 0 Å². The number of hydrogen-bond donors (Lipinski definition) is 2. The lowest BCUT2D eigenvalue weighted by atomic mass is 9.78. The number of carbonyl (C=O) groups excluding carboxylic acids is 1. The number of amides is 1. The fourth-order valence-corrected chi connectivity index (χ4v) is 4.15. The number of rotatable bonds is 3. The van der Waals surface area contributed by atoms with Crippen LogP contribution in [0.3, 0.4) is 0 Å². The van der Waals surface area contributed by atoms with E-state index >= 15 is 0 Å². The zero-order valence-electron chi connectivity index (χ0n) is 13.1. The normalized spacial score (nSPS) is 25.2. The molecule has 1 spiro atoms. The summed E-state index contributed by atoms with van der Waals surface area (Å²) in [5.74, 6) is 0.980. The zero-order valence-corrected chi connectivity index (χ0v) is 13.9. The van der Waals surface area contributed by atoms with Gasteiger partial charge in [-0.1, -0.05) is 24.3 Å². The predicted molar refractivity (Wildman–Crippen MR) is 89.4 cm³/mol. The van der Waals surface area contributed by atoms with E-state index in [0.717, 1.165) is 25.1 Å². The van der Waals surface area contributed by atoms with Gasteiger partial charge in [0.2, 0.25) is 5.91 Å². The Morgan fingerprint density at radius 2 is 2.35 bits per heavy atom. The van der Waals surface area contributed by atoms with Gasteiger partial charge in [-0.05, 0) is 49.0 Å². The molecule has 5 nitrogen and oxygen atoms in total. The van der Waals surface area contributed by atoms with Crippen molar-refractivity contribution in [1.82, 2.24) is 20.1 Å². The van der Waals surface area contributed by atoms with Crippen LogP contribution in [-0.2, 0) is 30.2 Å². The molecule has 0 unspecified atom stereocenters. The first-order chi connectivity index (χ1) is 11.1. The minimum atomic E-state index is 0.0792. The molecule has 0 aliphatic heterocycles. The molecular weight excluding hydrogens is 308 g/mol. The Morgan fingerprint density at radius 1 is 1.52 bits per heavy atom. The van der Waals surface area contributed by atoms with Crippen molar-refractivity contribution >= 4 is 18.1 Å². The number of nitrogens with one attached hydrogen (secondary N) is 2. The topological polar surface area (TPSA) is 62.7 Å². The van der Waals surface area contributed by atoms with E-state index in [-0.39, 0.29) is 17.2 Å². The van der Waals surface area contributed by atoms with E-state index < -0.39 is 0 Å². The van der Waals surface area contributed by atoms with Gasteiger partial charge >= 0.3 is 0 Å². The second kappa shape index (κ2) is 5.30. The maximum absolute atomic E-state index is 12.6. The van der Waals surface area contributed by atoms with Crippen molar-refractivity contribution < 1.29 is 4.79 Å². The molecule has 2 N–H and O–H groups in total. The molecule has 2 aliphatic rings. The highest BCUT2D eigenvalue weighted by Gasteiger charge is 2.59. The van der Waals surface area contributed by atoms with Gasteiger partial charge in [-0.25, -0.2) is 0 Å². The van der Waals surface area contributed by atoms with E-state index in [0.29, 0.717) is 11.3 Å². The molecule has 0 saturated heterocycles. The Bertz CT molecular complexity index is 824. The summed E-state index contributed by atoms with van der Waals surface area (Å²) in [6, 6.07) is 8.60. The number of hydrogen-bond acceptors (Lipinski definition) is 3. The smallest absolute Gasteiger partial charge is 0.224 e. The van der Waals surface area contributed by atoms with Gasteiger partial charge in [0.15, 0.2) is 10.6 Å². The molecule has 0 bridgehead atoms. The lowest BCUT2D eigenvalue weighted by Crippen LogP contribution is -2.30. The Hall–Kier alpha value is -1.95. The maximum Gasteiger partial charge on any atom is 0.224 e. The van der Waals surface area contributed by atoms with E-state index in [1.54, 1.807) is 4.57 Å². The molecule has 120 valence electrons. The second-order valence-electron chi connectivity index (χ2n) is 6.65. The average molecular weight is 328 g/mol. The van der Waals surface area contributed by atoms with Crippen LogP contribution in [0.1, 0.15) is 36.2 Å². The van der Waals surface area contributed by atoms with Crippen LogP contribution >= 0.6 is 12.2 Å². The summed E-state index contributed by atoms with van der Waals surface area (Å²) in [6.07, 6.45) is 4.40. The number of fused-ring (bicyclic) bond motifs is 2. The molecule has 23 heavy (non-hydrogen) atoms. The van der Waals surface area contributed by atoms with Crippen molar-refractivity contribution in [3.63, 3.8) is 0 Å². The fraction of sp³-hybridized carbons (Fsp3) is 0.471. The maximum atomic E-state index is 12.6. The predicted octanol–water partition coefficient (Wildman–Crippen LogP) is 2.39. The van der Waals surface area contributed by atoms with Crippen LogP contribution in [0.2, 0.25) is 0 Å². The summed E-state index contributed by atoms with van der Waals surface area (Å²) < 4.78 is 2.35. The molecule has 0 radical (unpaired) electrons. The standard InChI is InChI=1S/C17H20N4OS/c1-21-14(19-20-16(21)23)10-18-15(22)13-9-17(13)8-4-6-11-5-2-3-7-12(11)17/h2-3,5,7,13H,4,6,8-10H2,1H3,(H,18,22)(H,20,23)/t13-,17-/m0/s1. The lowest BCUT2D eigenvalue weighted by molar-refractivity contribution is -0.123. The van der Waals surface area contributed by atoms with E-state index in [1.807, 2.05) is 7.05 Å². The number of benzene rings is 1. The number of H-pyrrole nitrogens is 1. The quantitative estimate of drug-likeness (QED) is 0.851. The van der Waals surface area contributed by atoms with Crippen molar-refractivity contribution in [2.45, 2.75) is 37.6 Å². The van der Waals surface area contributed by atoms with E-state index in [1.165, 1.54) is 17.5 Å². The molecule has 1 aromatic carbocycles. The first-order valence-electron chi connectivity index (χ1n) is 8.08. The molecule has 2 aliphatic carbocycles.